The predicted octanol–water partition coefficient (Wildman–Crippen LogP) is 1.17. The van der Waals surface area contributed by atoms with Gasteiger partial charge in [0.25, 0.3) is 0 Å². The van der Waals surface area contributed by atoms with Gasteiger partial charge in [0, 0.05) is 17.6 Å². The molecule has 5 nitrogen and oxygen atoms in total. The number of fused-ring (bicyclic) bond motifs is 1. The Kier molecular flexibility index (Phi) is 2.22. The molecule has 0 saturated carbocycles. The Morgan fingerprint density at radius 1 is 1.24 bits per heavy atom. The molecule has 0 aromatic carbocycles. The fourth-order valence-corrected chi connectivity index (χ4v) is 1.75. The van der Waals surface area contributed by atoms with Crippen molar-refractivity contribution in [1.82, 2.24) is 19.7 Å². The van der Waals surface area contributed by atoms with E-state index in [1.165, 1.54) is 6.07 Å². The largest absolute Gasteiger partial charge is 0.307 e. The Labute approximate surface area is 96.7 Å². The number of pyridine rings is 2. The van der Waals surface area contributed by atoms with Gasteiger partial charge >= 0.3 is 0 Å². The van der Waals surface area contributed by atoms with Crippen molar-refractivity contribution in [3.8, 4) is 0 Å². The van der Waals surface area contributed by atoms with Gasteiger partial charge in [-0.25, -0.2) is 4.68 Å². The lowest BCUT2D eigenvalue weighted by Gasteiger charge is -2.02. The normalized spacial score (nSPS) is 10.8. The maximum Gasteiger partial charge on any atom is 0.249 e. The van der Waals surface area contributed by atoms with Crippen molar-refractivity contribution in [2.45, 2.75) is 6.54 Å². The first-order valence-electron chi connectivity index (χ1n) is 5.28. The molecule has 0 fully saturated rings. The summed E-state index contributed by atoms with van der Waals surface area (Å²) >= 11 is 0. The van der Waals surface area contributed by atoms with Crippen molar-refractivity contribution in [3.05, 3.63) is 58.8 Å². The van der Waals surface area contributed by atoms with Gasteiger partial charge in [-0.2, -0.15) is 5.10 Å². The summed E-state index contributed by atoms with van der Waals surface area (Å²) in [6.07, 6.45) is 3.47. The molecule has 0 spiro atoms. The fraction of sp³-hybridized carbons (Fsp3) is 0.0833. The van der Waals surface area contributed by atoms with Gasteiger partial charge in [-0.3, -0.25) is 9.78 Å². The Morgan fingerprint density at radius 2 is 2.18 bits per heavy atom. The first-order chi connectivity index (χ1) is 8.33. The molecule has 0 aliphatic carbocycles. The predicted molar refractivity (Wildman–Crippen MR) is 63.7 cm³/mol. The quantitative estimate of drug-likeness (QED) is 0.713. The minimum Gasteiger partial charge on any atom is -0.307 e. The van der Waals surface area contributed by atoms with Crippen LogP contribution in [0, 0.1) is 0 Å². The lowest BCUT2D eigenvalue weighted by atomic mass is 10.3. The van der Waals surface area contributed by atoms with Crippen molar-refractivity contribution >= 4 is 11.0 Å². The highest BCUT2D eigenvalue weighted by atomic mass is 16.1. The summed E-state index contributed by atoms with van der Waals surface area (Å²) in [5.41, 5.74) is 1.51. The molecular weight excluding hydrogens is 216 g/mol. The zero-order valence-electron chi connectivity index (χ0n) is 9.00. The first kappa shape index (κ1) is 9.77. The van der Waals surface area contributed by atoms with Crippen molar-refractivity contribution in [2.24, 2.45) is 0 Å². The van der Waals surface area contributed by atoms with Gasteiger partial charge in [0.1, 0.15) is 5.65 Å². The molecule has 0 bridgehead atoms. The standard InChI is InChI=1S/C12H10N4O/c17-11-5-4-9-7-14-16(12(9)15-11)8-10-3-1-2-6-13-10/h1-7H,8H2,(H,15,17). The molecule has 0 atom stereocenters. The van der Waals surface area contributed by atoms with Crippen LogP contribution < -0.4 is 5.56 Å². The van der Waals surface area contributed by atoms with E-state index in [4.69, 9.17) is 0 Å². The number of aromatic amines is 1. The molecule has 0 unspecified atom stereocenters. The summed E-state index contributed by atoms with van der Waals surface area (Å²) in [7, 11) is 0. The van der Waals surface area contributed by atoms with Crippen molar-refractivity contribution in [2.75, 3.05) is 0 Å². The molecule has 0 aliphatic rings. The maximum absolute atomic E-state index is 11.3. The van der Waals surface area contributed by atoms with Gasteiger partial charge in [-0.1, -0.05) is 6.07 Å². The zero-order valence-corrected chi connectivity index (χ0v) is 9.00. The Bertz CT molecular complexity index is 699. The molecule has 5 heteroatoms. The van der Waals surface area contributed by atoms with E-state index in [1.807, 2.05) is 18.2 Å². The number of hydrogen-bond donors (Lipinski definition) is 1. The second kappa shape index (κ2) is 3.86. The van der Waals surface area contributed by atoms with Crippen molar-refractivity contribution in [1.29, 1.82) is 0 Å². The smallest absolute Gasteiger partial charge is 0.249 e. The van der Waals surface area contributed by atoms with Gasteiger partial charge in [0.2, 0.25) is 5.56 Å². The second-order valence-corrected chi connectivity index (χ2v) is 3.75. The summed E-state index contributed by atoms with van der Waals surface area (Å²) in [6, 6.07) is 8.98. The van der Waals surface area contributed by atoms with Gasteiger partial charge in [0.15, 0.2) is 0 Å². The third-order valence-corrected chi connectivity index (χ3v) is 2.56. The van der Waals surface area contributed by atoms with Crippen LogP contribution in [0.1, 0.15) is 5.69 Å². The highest BCUT2D eigenvalue weighted by Crippen LogP contribution is 2.09. The number of nitrogens with one attached hydrogen (secondary N) is 1. The van der Waals surface area contributed by atoms with Crippen LogP contribution in [-0.4, -0.2) is 19.7 Å². The van der Waals surface area contributed by atoms with Crippen LogP contribution in [0.5, 0.6) is 0 Å². The van der Waals surface area contributed by atoms with Crippen LogP contribution in [0.15, 0.2) is 47.5 Å². The molecule has 1 N–H and O–H groups in total. The number of rotatable bonds is 2. The molecule has 3 aromatic rings. The summed E-state index contributed by atoms with van der Waals surface area (Å²) in [5, 5.41) is 5.16. The maximum atomic E-state index is 11.3. The summed E-state index contributed by atoms with van der Waals surface area (Å²) in [5.74, 6) is 0. The van der Waals surface area contributed by atoms with Gasteiger partial charge in [-0.05, 0) is 18.2 Å². The number of H-pyrrole nitrogens is 1. The second-order valence-electron chi connectivity index (χ2n) is 3.75. The third kappa shape index (κ3) is 1.82. The van der Waals surface area contributed by atoms with E-state index < -0.39 is 0 Å². The molecule has 17 heavy (non-hydrogen) atoms. The molecule has 3 rings (SSSR count). The minimum atomic E-state index is -0.125. The number of hydrogen-bond acceptors (Lipinski definition) is 3. The van der Waals surface area contributed by atoms with Crippen LogP contribution >= 0.6 is 0 Å². The Balaban J connectivity index is 2.06. The van der Waals surface area contributed by atoms with E-state index in [-0.39, 0.29) is 5.56 Å². The highest BCUT2D eigenvalue weighted by molar-refractivity contribution is 5.73. The lowest BCUT2D eigenvalue weighted by molar-refractivity contribution is 0.688. The highest BCUT2D eigenvalue weighted by Gasteiger charge is 2.04. The van der Waals surface area contributed by atoms with Gasteiger partial charge in [-0.15, -0.1) is 0 Å². The van der Waals surface area contributed by atoms with Crippen LogP contribution in [-0.2, 0) is 6.54 Å². The van der Waals surface area contributed by atoms with Crippen LogP contribution in [0.2, 0.25) is 0 Å². The molecule has 0 amide bonds. The van der Waals surface area contributed by atoms with Gasteiger partial charge < -0.3 is 4.98 Å². The summed E-state index contributed by atoms with van der Waals surface area (Å²) in [4.78, 5) is 18.3. The molecular formula is C12H10N4O. The topological polar surface area (TPSA) is 63.6 Å². The molecule has 0 aliphatic heterocycles. The lowest BCUT2D eigenvalue weighted by Crippen LogP contribution is -2.08. The van der Waals surface area contributed by atoms with E-state index in [2.05, 4.69) is 15.1 Å². The molecule has 0 saturated heterocycles. The molecule has 3 aromatic heterocycles. The number of nitrogens with zero attached hydrogens (tertiary/aromatic N) is 3. The van der Waals surface area contributed by atoms with Crippen LogP contribution in [0.25, 0.3) is 11.0 Å². The average Bonchev–Trinajstić information content (AvgIpc) is 2.73. The van der Waals surface area contributed by atoms with Crippen molar-refractivity contribution < 1.29 is 0 Å². The molecule has 3 heterocycles. The monoisotopic (exact) mass is 226 g/mol. The van der Waals surface area contributed by atoms with Crippen molar-refractivity contribution in [3.63, 3.8) is 0 Å². The van der Waals surface area contributed by atoms with E-state index in [9.17, 15) is 4.79 Å². The SMILES string of the molecule is O=c1ccc2cnn(Cc3ccccn3)c2[nH]1. The number of aromatic nitrogens is 4. The average molecular weight is 226 g/mol. The van der Waals surface area contributed by atoms with E-state index in [0.29, 0.717) is 6.54 Å². The third-order valence-electron chi connectivity index (χ3n) is 2.56. The van der Waals surface area contributed by atoms with Gasteiger partial charge in [0.05, 0.1) is 18.4 Å². The Hall–Kier alpha value is -2.43. The molecule has 84 valence electrons. The molecule has 0 radical (unpaired) electrons. The fourth-order valence-electron chi connectivity index (χ4n) is 1.75. The Morgan fingerprint density at radius 3 is 3.00 bits per heavy atom. The van der Waals surface area contributed by atoms with Crippen LogP contribution in [0.4, 0.5) is 0 Å². The zero-order chi connectivity index (χ0) is 11.7. The minimum absolute atomic E-state index is 0.125. The van der Waals surface area contributed by atoms with Crippen LogP contribution in [0.3, 0.4) is 0 Å². The summed E-state index contributed by atoms with van der Waals surface area (Å²) < 4.78 is 1.74. The van der Waals surface area contributed by atoms with E-state index in [0.717, 1.165) is 16.7 Å². The first-order valence-corrected chi connectivity index (χ1v) is 5.28. The summed E-state index contributed by atoms with van der Waals surface area (Å²) in [6.45, 7) is 0.546. The van der Waals surface area contributed by atoms with E-state index >= 15 is 0 Å². The van der Waals surface area contributed by atoms with E-state index in [1.54, 1.807) is 23.1 Å².